The average molecular weight is 352 g/mol. The minimum absolute atomic E-state index is 0.326. The van der Waals surface area contributed by atoms with E-state index in [1.54, 1.807) is 7.05 Å². The third-order valence-corrected chi connectivity index (χ3v) is 3.83. The van der Waals surface area contributed by atoms with Crippen molar-refractivity contribution in [2.45, 2.75) is 39.0 Å². The first kappa shape index (κ1) is 14.5. The molecule has 1 N–H and O–H groups in total. The van der Waals surface area contributed by atoms with Gasteiger partial charge in [-0.05, 0) is 42.7 Å². The Labute approximate surface area is 132 Å². The molecule has 2 aromatic rings. The first-order valence-electron chi connectivity index (χ1n) is 7.00. The summed E-state index contributed by atoms with van der Waals surface area (Å²) in [6, 6.07) is 4.82. The standard InChI is InChI=1S/C14H18BrN5O/c1-9-5-11(15)6-10(7-16-12-3-4-12)14(9)21-8-13-17-19-20(2)18-13/h5-6,12,16H,3-4,7-8H2,1-2H3. The summed E-state index contributed by atoms with van der Waals surface area (Å²) in [6.07, 6.45) is 2.54. The molecular weight excluding hydrogens is 334 g/mol. The molecule has 21 heavy (non-hydrogen) atoms. The summed E-state index contributed by atoms with van der Waals surface area (Å²) in [5.74, 6) is 1.49. The van der Waals surface area contributed by atoms with E-state index in [9.17, 15) is 0 Å². The molecule has 3 rings (SSSR count). The smallest absolute Gasteiger partial charge is 0.212 e. The monoisotopic (exact) mass is 351 g/mol. The maximum atomic E-state index is 5.94. The Morgan fingerprint density at radius 1 is 1.43 bits per heavy atom. The predicted molar refractivity (Wildman–Crippen MR) is 81.9 cm³/mol. The Balaban J connectivity index is 1.74. The summed E-state index contributed by atoms with van der Waals surface area (Å²) < 4.78 is 7.00. The molecular formula is C14H18BrN5O. The molecule has 112 valence electrons. The fourth-order valence-corrected chi connectivity index (χ4v) is 2.82. The van der Waals surface area contributed by atoms with Crippen LogP contribution >= 0.6 is 15.9 Å². The fraction of sp³-hybridized carbons (Fsp3) is 0.500. The second-order valence-corrected chi connectivity index (χ2v) is 6.27. The molecule has 1 aromatic heterocycles. The zero-order valence-electron chi connectivity index (χ0n) is 12.1. The molecule has 7 heteroatoms. The fourth-order valence-electron chi connectivity index (χ4n) is 2.20. The van der Waals surface area contributed by atoms with Gasteiger partial charge in [-0.3, -0.25) is 0 Å². The molecule has 0 aliphatic heterocycles. The number of nitrogens with zero attached hydrogens (tertiary/aromatic N) is 4. The Kier molecular flexibility index (Phi) is 4.21. The lowest BCUT2D eigenvalue weighted by molar-refractivity contribution is 0.289. The van der Waals surface area contributed by atoms with E-state index >= 15 is 0 Å². The average Bonchev–Trinajstić information content (AvgIpc) is 3.17. The van der Waals surface area contributed by atoms with E-state index < -0.39 is 0 Å². The molecule has 0 unspecified atom stereocenters. The van der Waals surface area contributed by atoms with Crippen LogP contribution in [0.5, 0.6) is 5.75 Å². The van der Waals surface area contributed by atoms with Crippen molar-refractivity contribution in [3.05, 3.63) is 33.6 Å². The van der Waals surface area contributed by atoms with Crippen LogP contribution in [-0.2, 0) is 20.2 Å². The zero-order valence-corrected chi connectivity index (χ0v) is 13.7. The molecule has 1 aliphatic rings. The minimum atomic E-state index is 0.326. The van der Waals surface area contributed by atoms with Gasteiger partial charge in [0.25, 0.3) is 0 Å². The van der Waals surface area contributed by atoms with Crippen molar-refractivity contribution in [2.24, 2.45) is 7.05 Å². The molecule has 0 spiro atoms. The SMILES string of the molecule is Cc1cc(Br)cc(CNC2CC2)c1OCc1nnn(C)n1. The Morgan fingerprint density at radius 3 is 2.90 bits per heavy atom. The second kappa shape index (κ2) is 6.11. The summed E-state index contributed by atoms with van der Waals surface area (Å²) in [7, 11) is 1.74. The number of tetrazole rings is 1. The Bertz CT molecular complexity index is 638. The van der Waals surface area contributed by atoms with Gasteiger partial charge in [0, 0.05) is 22.6 Å². The number of hydrogen-bond donors (Lipinski definition) is 1. The third-order valence-electron chi connectivity index (χ3n) is 3.37. The maximum absolute atomic E-state index is 5.94. The number of aryl methyl sites for hydroxylation is 2. The normalized spacial score (nSPS) is 14.4. The van der Waals surface area contributed by atoms with E-state index in [1.807, 2.05) is 6.92 Å². The quantitative estimate of drug-likeness (QED) is 0.863. The number of benzene rings is 1. The zero-order chi connectivity index (χ0) is 14.8. The van der Waals surface area contributed by atoms with Crippen LogP contribution in [0.25, 0.3) is 0 Å². The number of halogens is 1. The summed E-state index contributed by atoms with van der Waals surface area (Å²) >= 11 is 3.55. The molecule has 0 bridgehead atoms. The van der Waals surface area contributed by atoms with E-state index in [2.05, 4.69) is 48.8 Å². The number of hydrogen-bond acceptors (Lipinski definition) is 5. The van der Waals surface area contributed by atoms with Gasteiger partial charge in [-0.1, -0.05) is 15.9 Å². The van der Waals surface area contributed by atoms with E-state index in [1.165, 1.54) is 17.6 Å². The van der Waals surface area contributed by atoms with Crippen LogP contribution in [0.4, 0.5) is 0 Å². The highest BCUT2D eigenvalue weighted by molar-refractivity contribution is 9.10. The van der Waals surface area contributed by atoms with Gasteiger partial charge in [0.2, 0.25) is 5.82 Å². The van der Waals surface area contributed by atoms with Crippen LogP contribution < -0.4 is 10.1 Å². The molecule has 1 aromatic carbocycles. The Morgan fingerprint density at radius 2 is 2.24 bits per heavy atom. The lowest BCUT2D eigenvalue weighted by Crippen LogP contribution is -2.16. The molecule has 1 heterocycles. The lowest BCUT2D eigenvalue weighted by Gasteiger charge is -2.14. The number of nitrogens with one attached hydrogen (secondary N) is 1. The van der Waals surface area contributed by atoms with Crippen molar-refractivity contribution in [1.82, 2.24) is 25.5 Å². The highest BCUT2D eigenvalue weighted by atomic mass is 79.9. The molecule has 1 fully saturated rings. The second-order valence-electron chi connectivity index (χ2n) is 5.35. The molecule has 1 aliphatic carbocycles. The topological polar surface area (TPSA) is 64.9 Å². The summed E-state index contributed by atoms with van der Waals surface area (Å²) in [6.45, 7) is 3.19. The summed E-state index contributed by atoms with van der Waals surface area (Å²) in [5, 5.41) is 15.4. The van der Waals surface area contributed by atoms with Gasteiger partial charge in [0.1, 0.15) is 5.75 Å². The van der Waals surface area contributed by atoms with Crippen LogP contribution in [-0.4, -0.2) is 26.2 Å². The van der Waals surface area contributed by atoms with Gasteiger partial charge in [-0.2, -0.15) is 4.80 Å². The van der Waals surface area contributed by atoms with Gasteiger partial charge in [0.15, 0.2) is 6.61 Å². The van der Waals surface area contributed by atoms with Crippen molar-refractivity contribution < 1.29 is 4.74 Å². The van der Waals surface area contributed by atoms with Crippen LogP contribution in [0.3, 0.4) is 0 Å². The van der Waals surface area contributed by atoms with Gasteiger partial charge < -0.3 is 10.1 Å². The van der Waals surface area contributed by atoms with Crippen LogP contribution in [0, 0.1) is 6.92 Å². The van der Waals surface area contributed by atoms with Crippen molar-refractivity contribution in [3.8, 4) is 5.75 Å². The maximum Gasteiger partial charge on any atom is 0.212 e. The van der Waals surface area contributed by atoms with Crippen LogP contribution in [0.2, 0.25) is 0 Å². The highest BCUT2D eigenvalue weighted by Crippen LogP contribution is 2.29. The van der Waals surface area contributed by atoms with Crippen molar-refractivity contribution in [3.63, 3.8) is 0 Å². The van der Waals surface area contributed by atoms with Gasteiger partial charge in [-0.15, -0.1) is 10.2 Å². The van der Waals surface area contributed by atoms with E-state index in [0.717, 1.165) is 27.9 Å². The largest absolute Gasteiger partial charge is 0.485 e. The molecule has 0 amide bonds. The number of rotatable bonds is 6. The highest BCUT2D eigenvalue weighted by Gasteiger charge is 2.21. The van der Waals surface area contributed by atoms with Crippen LogP contribution in [0.15, 0.2) is 16.6 Å². The third kappa shape index (κ3) is 3.79. The van der Waals surface area contributed by atoms with E-state index in [0.29, 0.717) is 18.5 Å². The first-order chi connectivity index (χ1) is 10.1. The molecule has 0 radical (unpaired) electrons. The van der Waals surface area contributed by atoms with E-state index in [4.69, 9.17) is 4.74 Å². The Hall–Kier alpha value is -1.47. The first-order valence-corrected chi connectivity index (χ1v) is 7.79. The summed E-state index contributed by atoms with van der Waals surface area (Å²) in [4.78, 5) is 1.43. The van der Waals surface area contributed by atoms with Crippen LogP contribution in [0.1, 0.15) is 29.8 Å². The molecule has 0 atom stereocenters. The minimum Gasteiger partial charge on any atom is -0.485 e. The van der Waals surface area contributed by atoms with Crippen molar-refractivity contribution in [2.75, 3.05) is 0 Å². The molecule has 1 saturated carbocycles. The molecule has 0 saturated heterocycles. The van der Waals surface area contributed by atoms with E-state index in [-0.39, 0.29) is 0 Å². The number of aromatic nitrogens is 4. The number of ether oxygens (including phenoxy) is 1. The van der Waals surface area contributed by atoms with Crippen molar-refractivity contribution in [1.29, 1.82) is 0 Å². The van der Waals surface area contributed by atoms with Gasteiger partial charge >= 0.3 is 0 Å². The molecule has 6 nitrogen and oxygen atoms in total. The summed E-state index contributed by atoms with van der Waals surface area (Å²) in [5.41, 5.74) is 2.25. The van der Waals surface area contributed by atoms with Crippen molar-refractivity contribution >= 4 is 15.9 Å². The lowest BCUT2D eigenvalue weighted by atomic mass is 10.1. The predicted octanol–water partition coefficient (Wildman–Crippen LogP) is 2.11. The van der Waals surface area contributed by atoms with Gasteiger partial charge in [-0.25, -0.2) is 0 Å². The van der Waals surface area contributed by atoms with Gasteiger partial charge in [0.05, 0.1) is 7.05 Å².